The predicted octanol–water partition coefficient (Wildman–Crippen LogP) is 2.18. The first kappa shape index (κ1) is 11.3. The fourth-order valence-electron chi connectivity index (χ4n) is 1.64. The van der Waals surface area contributed by atoms with E-state index < -0.39 is 0 Å². The Labute approximate surface area is 87.1 Å². The van der Waals surface area contributed by atoms with Gasteiger partial charge in [0.05, 0.1) is 0 Å². The van der Waals surface area contributed by atoms with Crippen molar-refractivity contribution in [2.24, 2.45) is 5.92 Å². The van der Waals surface area contributed by atoms with E-state index in [-0.39, 0.29) is 6.03 Å². The van der Waals surface area contributed by atoms with Crippen LogP contribution < -0.4 is 0 Å². The van der Waals surface area contributed by atoms with Crippen LogP contribution in [0.1, 0.15) is 33.6 Å². The zero-order chi connectivity index (χ0) is 10.7. The van der Waals surface area contributed by atoms with Gasteiger partial charge in [-0.25, -0.2) is 4.79 Å². The predicted molar refractivity (Wildman–Crippen MR) is 58.3 cm³/mol. The molecule has 1 saturated heterocycles. The van der Waals surface area contributed by atoms with Crippen LogP contribution in [0.3, 0.4) is 0 Å². The van der Waals surface area contributed by atoms with E-state index in [4.69, 9.17) is 0 Å². The summed E-state index contributed by atoms with van der Waals surface area (Å²) >= 11 is 0. The Kier molecular flexibility index (Phi) is 3.78. The number of carbonyl (C=O) groups is 1. The average Bonchev–Trinajstić information content (AvgIpc) is 2.16. The van der Waals surface area contributed by atoms with Crippen molar-refractivity contribution in [2.45, 2.75) is 39.7 Å². The summed E-state index contributed by atoms with van der Waals surface area (Å²) < 4.78 is 0. The Morgan fingerprint density at radius 2 is 1.86 bits per heavy atom. The summed E-state index contributed by atoms with van der Waals surface area (Å²) in [4.78, 5) is 15.7. The van der Waals surface area contributed by atoms with Crippen molar-refractivity contribution in [1.29, 1.82) is 0 Å². The van der Waals surface area contributed by atoms with Gasteiger partial charge in [0, 0.05) is 26.2 Å². The molecular formula is C11H22N2O. The number of nitrogens with zero attached hydrogens (tertiary/aromatic N) is 2. The van der Waals surface area contributed by atoms with Crippen molar-refractivity contribution >= 4 is 6.03 Å². The smallest absolute Gasteiger partial charge is 0.319 e. The maximum absolute atomic E-state index is 11.9. The van der Waals surface area contributed by atoms with Crippen molar-refractivity contribution in [2.75, 3.05) is 20.1 Å². The van der Waals surface area contributed by atoms with E-state index in [1.807, 2.05) is 30.7 Å². The highest BCUT2D eigenvalue weighted by Gasteiger charge is 2.23. The van der Waals surface area contributed by atoms with Crippen LogP contribution in [0, 0.1) is 5.92 Å². The summed E-state index contributed by atoms with van der Waals surface area (Å²) in [6, 6.07) is 0.480. The minimum absolute atomic E-state index is 0.187. The molecule has 1 heterocycles. The number of amides is 2. The highest BCUT2D eigenvalue weighted by atomic mass is 16.2. The SMILES string of the molecule is CC1CCN(C(=O)N(C)C(C)C)CC1. The van der Waals surface area contributed by atoms with Crippen molar-refractivity contribution in [3.63, 3.8) is 0 Å². The molecule has 0 N–H and O–H groups in total. The number of carbonyl (C=O) groups excluding carboxylic acids is 1. The van der Waals surface area contributed by atoms with E-state index in [0.717, 1.165) is 31.8 Å². The number of piperidine rings is 1. The van der Waals surface area contributed by atoms with Crippen LogP contribution in [0.15, 0.2) is 0 Å². The summed E-state index contributed by atoms with van der Waals surface area (Å²) in [6.07, 6.45) is 2.30. The van der Waals surface area contributed by atoms with Crippen molar-refractivity contribution in [3.05, 3.63) is 0 Å². The van der Waals surface area contributed by atoms with Crippen LogP contribution in [0.25, 0.3) is 0 Å². The lowest BCUT2D eigenvalue weighted by molar-refractivity contribution is 0.134. The molecule has 14 heavy (non-hydrogen) atoms. The van der Waals surface area contributed by atoms with Crippen LogP contribution in [0.4, 0.5) is 4.79 Å². The third-order valence-corrected chi connectivity index (χ3v) is 3.13. The van der Waals surface area contributed by atoms with Gasteiger partial charge in [-0.3, -0.25) is 0 Å². The average molecular weight is 198 g/mol. The summed E-state index contributed by atoms with van der Waals surface area (Å²) in [6.45, 7) is 8.21. The molecule has 0 bridgehead atoms. The first-order chi connectivity index (χ1) is 6.52. The second-order valence-electron chi connectivity index (χ2n) is 4.66. The Balaban J connectivity index is 2.45. The Morgan fingerprint density at radius 1 is 1.36 bits per heavy atom. The summed E-state index contributed by atoms with van der Waals surface area (Å²) in [5, 5.41) is 0. The van der Waals surface area contributed by atoms with E-state index in [2.05, 4.69) is 6.92 Å². The second kappa shape index (κ2) is 4.67. The van der Waals surface area contributed by atoms with Gasteiger partial charge in [-0.2, -0.15) is 0 Å². The number of hydrogen-bond donors (Lipinski definition) is 0. The van der Waals surface area contributed by atoms with E-state index in [1.165, 1.54) is 0 Å². The third kappa shape index (κ3) is 2.63. The molecule has 0 aromatic heterocycles. The van der Waals surface area contributed by atoms with E-state index in [0.29, 0.717) is 6.04 Å². The fourth-order valence-corrected chi connectivity index (χ4v) is 1.64. The van der Waals surface area contributed by atoms with Crippen LogP contribution in [0.2, 0.25) is 0 Å². The fraction of sp³-hybridized carbons (Fsp3) is 0.909. The molecule has 0 saturated carbocycles. The molecule has 82 valence electrons. The third-order valence-electron chi connectivity index (χ3n) is 3.13. The summed E-state index contributed by atoms with van der Waals surface area (Å²) in [5.41, 5.74) is 0. The minimum atomic E-state index is 0.187. The molecule has 0 atom stereocenters. The molecule has 3 nitrogen and oxygen atoms in total. The van der Waals surface area contributed by atoms with Gasteiger partial charge < -0.3 is 9.80 Å². The number of likely N-dealkylation sites (tertiary alicyclic amines) is 1. The molecule has 1 fully saturated rings. The summed E-state index contributed by atoms with van der Waals surface area (Å²) in [7, 11) is 1.88. The molecule has 0 aliphatic carbocycles. The quantitative estimate of drug-likeness (QED) is 0.633. The second-order valence-corrected chi connectivity index (χ2v) is 4.66. The standard InChI is InChI=1S/C11H22N2O/c1-9(2)12(4)11(14)13-7-5-10(3)6-8-13/h9-10H,5-8H2,1-4H3. The molecule has 3 heteroatoms. The molecule has 1 aliphatic rings. The highest BCUT2D eigenvalue weighted by molar-refractivity contribution is 5.74. The minimum Gasteiger partial charge on any atom is -0.325 e. The van der Waals surface area contributed by atoms with E-state index in [9.17, 15) is 4.79 Å². The first-order valence-corrected chi connectivity index (χ1v) is 5.54. The van der Waals surface area contributed by atoms with E-state index >= 15 is 0 Å². The molecule has 1 rings (SSSR count). The number of rotatable bonds is 1. The topological polar surface area (TPSA) is 23.6 Å². The number of hydrogen-bond acceptors (Lipinski definition) is 1. The lowest BCUT2D eigenvalue weighted by Crippen LogP contribution is -2.47. The first-order valence-electron chi connectivity index (χ1n) is 5.54. The Hall–Kier alpha value is -0.730. The van der Waals surface area contributed by atoms with Gasteiger partial charge in [0.2, 0.25) is 0 Å². The van der Waals surface area contributed by atoms with Gasteiger partial charge in [-0.05, 0) is 32.6 Å². The van der Waals surface area contributed by atoms with Gasteiger partial charge in [0.1, 0.15) is 0 Å². The maximum atomic E-state index is 11.9. The largest absolute Gasteiger partial charge is 0.325 e. The molecule has 1 aliphatic heterocycles. The molecular weight excluding hydrogens is 176 g/mol. The molecule has 0 radical (unpaired) electrons. The van der Waals surface area contributed by atoms with Gasteiger partial charge in [-0.15, -0.1) is 0 Å². The Bertz CT molecular complexity index is 195. The molecule has 0 aromatic carbocycles. The van der Waals surface area contributed by atoms with E-state index in [1.54, 1.807) is 0 Å². The van der Waals surface area contributed by atoms with Gasteiger partial charge in [0.25, 0.3) is 0 Å². The van der Waals surface area contributed by atoms with Gasteiger partial charge >= 0.3 is 6.03 Å². The Morgan fingerprint density at radius 3 is 2.29 bits per heavy atom. The zero-order valence-corrected chi connectivity index (χ0v) is 9.79. The molecule has 0 aromatic rings. The normalized spacial score (nSPS) is 18.8. The van der Waals surface area contributed by atoms with Crippen molar-refractivity contribution in [1.82, 2.24) is 9.80 Å². The van der Waals surface area contributed by atoms with Crippen molar-refractivity contribution < 1.29 is 4.79 Å². The summed E-state index contributed by atoms with van der Waals surface area (Å²) in [5.74, 6) is 0.781. The zero-order valence-electron chi connectivity index (χ0n) is 9.79. The maximum Gasteiger partial charge on any atom is 0.319 e. The van der Waals surface area contributed by atoms with Gasteiger partial charge in [-0.1, -0.05) is 6.92 Å². The van der Waals surface area contributed by atoms with Crippen LogP contribution in [0.5, 0.6) is 0 Å². The van der Waals surface area contributed by atoms with Crippen LogP contribution in [-0.2, 0) is 0 Å². The lowest BCUT2D eigenvalue weighted by atomic mass is 9.99. The molecule has 0 unspecified atom stereocenters. The van der Waals surface area contributed by atoms with Gasteiger partial charge in [0.15, 0.2) is 0 Å². The molecule has 2 amide bonds. The van der Waals surface area contributed by atoms with Crippen molar-refractivity contribution in [3.8, 4) is 0 Å². The lowest BCUT2D eigenvalue weighted by Gasteiger charge is -2.34. The monoisotopic (exact) mass is 198 g/mol. The highest BCUT2D eigenvalue weighted by Crippen LogP contribution is 2.17. The van der Waals surface area contributed by atoms with Crippen LogP contribution in [-0.4, -0.2) is 42.0 Å². The number of urea groups is 1. The molecule has 0 spiro atoms. The van der Waals surface area contributed by atoms with Crippen LogP contribution >= 0.6 is 0 Å².